The quantitative estimate of drug-likeness (QED) is 0.0264. The van der Waals surface area contributed by atoms with Crippen LogP contribution in [-0.2, 0) is 32.7 Å². The van der Waals surface area contributed by atoms with Crippen LogP contribution in [0, 0.1) is 0 Å². The normalized spacial score (nSPS) is 13.3. The molecular weight excluding hydrogens is 966 g/mol. The molecule has 0 aliphatic rings. The number of hydrogen-bond donors (Lipinski definition) is 2. The summed E-state index contributed by atoms with van der Waals surface area (Å²) in [6.45, 7) is 3.75. The molecule has 2 unspecified atom stereocenters. The number of esters is 2. The van der Waals surface area contributed by atoms with E-state index in [2.05, 4.69) is 62.5 Å². The van der Waals surface area contributed by atoms with Gasteiger partial charge in [0.25, 0.3) is 0 Å². The molecule has 0 aliphatic heterocycles. The maximum Gasteiger partial charge on any atom is 0.472 e. The van der Waals surface area contributed by atoms with E-state index in [1.165, 1.54) is 231 Å². The maximum atomic E-state index is 12.7. The molecule has 0 fully saturated rings. The van der Waals surface area contributed by atoms with E-state index in [0.717, 1.165) is 64.2 Å². The summed E-state index contributed by atoms with van der Waals surface area (Å²) in [5, 5.41) is 0. The molecule has 0 aliphatic carbocycles. The molecule has 0 saturated carbocycles. The molecule has 0 spiro atoms. The van der Waals surface area contributed by atoms with Crippen molar-refractivity contribution < 1.29 is 37.6 Å². The lowest BCUT2D eigenvalue weighted by molar-refractivity contribution is -0.161. The predicted octanol–water partition coefficient (Wildman–Crippen LogP) is 20.9. The van der Waals surface area contributed by atoms with Gasteiger partial charge in [0.15, 0.2) is 6.10 Å². The van der Waals surface area contributed by atoms with Gasteiger partial charge in [-0.25, -0.2) is 4.57 Å². The number of phosphoric acid groups is 1. The Balaban J connectivity index is 3.73. The van der Waals surface area contributed by atoms with Gasteiger partial charge >= 0.3 is 19.8 Å². The van der Waals surface area contributed by atoms with Crippen LogP contribution in [0.3, 0.4) is 0 Å². The highest BCUT2D eigenvalue weighted by molar-refractivity contribution is 7.47. The fourth-order valence-corrected chi connectivity index (χ4v) is 10.3. The van der Waals surface area contributed by atoms with Gasteiger partial charge in [0.05, 0.1) is 13.2 Å². The van der Waals surface area contributed by atoms with E-state index in [9.17, 15) is 19.0 Å². The zero-order valence-corrected chi connectivity index (χ0v) is 50.9. The highest BCUT2D eigenvalue weighted by Gasteiger charge is 2.26. The van der Waals surface area contributed by atoms with E-state index in [1.807, 2.05) is 0 Å². The summed E-state index contributed by atoms with van der Waals surface area (Å²) < 4.78 is 33.0. The molecule has 10 heteroatoms. The van der Waals surface area contributed by atoms with Crippen LogP contribution >= 0.6 is 7.82 Å². The van der Waals surface area contributed by atoms with Gasteiger partial charge in [0, 0.05) is 19.4 Å². The van der Waals surface area contributed by atoms with Crippen molar-refractivity contribution in [3.63, 3.8) is 0 Å². The second-order valence-electron chi connectivity index (χ2n) is 22.0. The molecule has 3 N–H and O–H groups in total. The molecule has 0 aromatic rings. The van der Waals surface area contributed by atoms with Crippen LogP contribution in [0.15, 0.2) is 48.6 Å². The first-order valence-electron chi connectivity index (χ1n) is 32.6. The number of rotatable bonds is 62. The molecule has 0 aromatic carbocycles. The number of unbranched alkanes of at least 4 members (excludes halogenated alkanes) is 41. The second-order valence-corrected chi connectivity index (χ2v) is 23.4. The third kappa shape index (κ3) is 61.2. The lowest BCUT2D eigenvalue weighted by atomic mass is 10.0. The minimum Gasteiger partial charge on any atom is -0.462 e. The van der Waals surface area contributed by atoms with E-state index < -0.39 is 26.5 Å². The summed E-state index contributed by atoms with van der Waals surface area (Å²) in [5.41, 5.74) is 5.38. The number of carbonyl (C=O) groups excluding carboxylic acids is 2. The lowest BCUT2D eigenvalue weighted by Gasteiger charge is -2.19. The topological polar surface area (TPSA) is 134 Å². The van der Waals surface area contributed by atoms with Crippen LogP contribution in [0.2, 0.25) is 0 Å². The first-order valence-corrected chi connectivity index (χ1v) is 34.1. The van der Waals surface area contributed by atoms with Gasteiger partial charge < -0.3 is 20.1 Å². The van der Waals surface area contributed by atoms with E-state index >= 15 is 0 Å². The van der Waals surface area contributed by atoms with Crippen LogP contribution in [0.25, 0.3) is 0 Å². The maximum absolute atomic E-state index is 12.7. The molecule has 0 rings (SSSR count). The van der Waals surface area contributed by atoms with Crippen LogP contribution in [-0.4, -0.2) is 49.3 Å². The molecule has 76 heavy (non-hydrogen) atoms. The molecule has 0 bridgehead atoms. The number of carbonyl (C=O) groups is 2. The zero-order valence-electron chi connectivity index (χ0n) is 50.0. The number of ether oxygens (including phenoxy) is 2. The standard InChI is InChI=1S/C66H124NO8P/c1-3-5-7-9-11-13-15-17-19-20-21-22-23-24-25-26-27-28-29-30-31-32-33-34-35-36-37-38-39-40-41-42-43-44-45-47-49-51-53-55-57-59-66(69)75-64(63-74-76(70,71)73-61-60-67)62-72-65(68)58-56-54-52-50-48-46-18-16-14-12-10-8-6-4-2/h15-18,20-21,23-24,64H,3-14,19,22,25-63,67H2,1-2H3,(H,70,71)/b17-15-,18-16-,21-20-,24-23-. The molecule has 0 amide bonds. The van der Waals surface area contributed by atoms with Crippen molar-refractivity contribution in [2.24, 2.45) is 5.73 Å². The Labute approximate surface area is 470 Å². The summed E-state index contributed by atoms with van der Waals surface area (Å²) >= 11 is 0. The second kappa shape index (κ2) is 62.2. The first kappa shape index (κ1) is 74.0. The Morgan fingerprint density at radius 1 is 0.395 bits per heavy atom. The predicted molar refractivity (Wildman–Crippen MR) is 326 cm³/mol. The molecule has 2 atom stereocenters. The average Bonchev–Trinajstić information content (AvgIpc) is 3.41. The van der Waals surface area contributed by atoms with Crippen LogP contribution in [0.1, 0.15) is 328 Å². The smallest absolute Gasteiger partial charge is 0.462 e. The summed E-state index contributed by atoms with van der Waals surface area (Å²) in [4.78, 5) is 35.1. The van der Waals surface area contributed by atoms with Crippen molar-refractivity contribution in [3.8, 4) is 0 Å². The van der Waals surface area contributed by atoms with Crippen LogP contribution < -0.4 is 5.73 Å². The third-order valence-corrected chi connectivity index (χ3v) is 15.4. The Kier molecular flexibility index (Phi) is 60.5. The number of allylic oxidation sites excluding steroid dienone is 8. The van der Waals surface area contributed by atoms with Crippen molar-refractivity contribution in [2.45, 2.75) is 335 Å². The molecule has 0 heterocycles. The van der Waals surface area contributed by atoms with Gasteiger partial charge in [-0.3, -0.25) is 18.6 Å². The van der Waals surface area contributed by atoms with E-state index in [0.29, 0.717) is 6.42 Å². The van der Waals surface area contributed by atoms with Crippen molar-refractivity contribution >= 4 is 19.8 Å². The lowest BCUT2D eigenvalue weighted by Crippen LogP contribution is -2.29. The minimum atomic E-state index is -4.39. The van der Waals surface area contributed by atoms with Gasteiger partial charge in [-0.05, 0) is 77.0 Å². The molecule has 0 aromatic heterocycles. The van der Waals surface area contributed by atoms with E-state index in [-0.39, 0.29) is 38.6 Å². The van der Waals surface area contributed by atoms with Crippen molar-refractivity contribution in [1.82, 2.24) is 0 Å². The fraction of sp³-hybridized carbons (Fsp3) is 0.848. The monoisotopic (exact) mass is 1090 g/mol. The Hall–Kier alpha value is -2.03. The third-order valence-electron chi connectivity index (χ3n) is 14.4. The van der Waals surface area contributed by atoms with Gasteiger partial charge in [-0.2, -0.15) is 0 Å². The number of phosphoric ester groups is 1. The van der Waals surface area contributed by atoms with Crippen LogP contribution in [0.5, 0.6) is 0 Å². The van der Waals surface area contributed by atoms with Gasteiger partial charge in [0.2, 0.25) is 0 Å². The zero-order chi connectivity index (χ0) is 55.2. The van der Waals surface area contributed by atoms with Crippen molar-refractivity contribution in [2.75, 3.05) is 26.4 Å². The molecule has 0 saturated heterocycles. The van der Waals surface area contributed by atoms with Gasteiger partial charge in [0.1, 0.15) is 6.61 Å². The van der Waals surface area contributed by atoms with Gasteiger partial charge in [-0.15, -0.1) is 0 Å². The summed E-state index contributed by atoms with van der Waals surface area (Å²) in [6, 6.07) is 0. The molecule has 9 nitrogen and oxygen atoms in total. The van der Waals surface area contributed by atoms with Gasteiger partial charge in [-0.1, -0.05) is 287 Å². The Morgan fingerprint density at radius 2 is 0.684 bits per heavy atom. The average molecular weight is 1090 g/mol. The fourth-order valence-electron chi connectivity index (χ4n) is 9.58. The SMILES string of the molecule is CCCCCCC/C=C\C/C=C\C/C=C\CCCCCCCCCCCCCCCCCCCCCCCCCCCCC(=O)OC(COC(=O)CCCCCCC/C=C\CCCCCCC)COP(=O)(O)OCCN. The Bertz CT molecular complexity index is 1380. The highest BCUT2D eigenvalue weighted by atomic mass is 31.2. The Morgan fingerprint density at radius 3 is 1.03 bits per heavy atom. The highest BCUT2D eigenvalue weighted by Crippen LogP contribution is 2.43. The first-order chi connectivity index (χ1) is 37.3. The van der Waals surface area contributed by atoms with E-state index in [1.54, 1.807) is 0 Å². The molecular formula is C66H124NO8P. The number of nitrogens with two attached hydrogens (primary N) is 1. The largest absolute Gasteiger partial charge is 0.472 e. The summed E-state index contributed by atoms with van der Waals surface area (Å²) in [6.07, 6.45) is 77.9. The van der Waals surface area contributed by atoms with Crippen molar-refractivity contribution in [3.05, 3.63) is 48.6 Å². The summed E-state index contributed by atoms with van der Waals surface area (Å²) in [5.74, 6) is -0.824. The minimum absolute atomic E-state index is 0.0538. The van der Waals surface area contributed by atoms with E-state index in [4.69, 9.17) is 24.3 Å². The van der Waals surface area contributed by atoms with Crippen molar-refractivity contribution in [1.29, 1.82) is 0 Å². The van der Waals surface area contributed by atoms with Crippen LogP contribution in [0.4, 0.5) is 0 Å². The number of hydrogen-bond acceptors (Lipinski definition) is 8. The molecule has 0 radical (unpaired) electrons. The molecule has 446 valence electrons. The summed E-state index contributed by atoms with van der Waals surface area (Å²) in [7, 11) is -4.39.